The number of ketones is 1. The highest BCUT2D eigenvalue weighted by Gasteiger charge is 2.79. The van der Waals surface area contributed by atoms with Gasteiger partial charge >= 0.3 is 0 Å². The van der Waals surface area contributed by atoms with Crippen molar-refractivity contribution in [1.82, 2.24) is 5.06 Å². The number of alkyl halides is 3. The van der Waals surface area contributed by atoms with E-state index in [9.17, 15) is 19.1 Å². The van der Waals surface area contributed by atoms with Crippen LogP contribution in [0.3, 0.4) is 0 Å². The molecule has 5 nitrogen and oxygen atoms in total. The van der Waals surface area contributed by atoms with E-state index in [0.29, 0.717) is 24.7 Å². The summed E-state index contributed by atoms with van der Waals surface area (Å²) in [7, 11) is 0. The first-order valence-electron chi connectivity index (χ1n) is 13.5. The quantitative estimate of drug-likeness (QED) is 0.520. The molecule has 206 valence electrons. The van der Waals surface area contributed by atoms with Crippen LogP contribution in [0.15, 0.2) is 23.8 Å². The number of fused-ring (bicyclic) bond motifs is 7. The Morgan fingerprint density at radius 2 is 2.00 bits per heavy atom. The summed E-state index contributed by atoms with van der Waals surface area (Å²) in [6, 6.07) is -0.863. The molecule has 0 aromatic heterocycles. The van der Waals surface area contributed by atoms with E-state index in [0.717, 1.165) is 6.42 Å². The first kappa shape index (κ1) is 27.4. The molecule has 3 saturated carbocycles. The summed E-state index contributed by atoms with van der Waals surface area (Å²) >= 11 is 0.563. The lowest BCUT2D eigenvalue weighted by Crippen LogP contribution is -2.70. The van der Waals surface area contributed by atoms with Crippen LogP contribution in [0.2, 0.25) is 0 Å². The predicted octanol–water partition coefficient (Wildman–Crippen LogP) is 5.14. The lowest BCUT2D eigenvalue weighted by molar-refractivity contribution is -0.275. The Bertz CT molecular complexity index is 1050. The second-order valence-corrected chi connectivity index (χ2v) is 13.4. The van der Waals surface area contributed by atoms with Crippen LogP contribution in [0.1, 0.15) is 60.3 Å². The number of halogens is 3. The highest BCUT2D eigenvalue weighted by atomic mass is 32.2. The van der Waals surface area contributed by atoms with E-state index in [2.05, 4.69) is 20.8 Å². The van der Waals surface area contributed by atoms with Crippen LogP contribution in [0, 0.1) is 34.5 Å². The average Bonchev–Trinajstić information content (AvgIpc) is 3.31. The number of hydroxylamine groups is 2. The zero-order valence-corrected chi connectivity index (χ0v) is 23.0. The summed E-state index contributed by atoms with van der Waals surface area (Å²) in [6.45, 7) is 10.1. The minimum atomic E-state index is -2.22. The Morgan fingerprint density at radius 1 is 1.30 bits per heavy atom. The van der Waals surface area contributed by atoms with Gasteiger partial charge < -0.3 is 5.11 Å². The molecule has 0 amide bonds. The van der Waals surface area contributed by atoms with Crippen molar-refractivity contribution in [3.8, 4) is 0 Å². The summed E-state index contributed by atoms with van der Waals surface area (Å²) in [4.78, 5) is 32.4. The topological polar surface area (TPSA) is 66.8 Å². The number of allylic oxidation sites excluding steroid dienone is 4. The fourth-order valence-corrected chi connectivity index (χ4v) is 9.73. The van der Waals surface area contributed by atoms with Crippen LogP contribution >= 0.6 is 11.8 Å². The van der Waals surface area contributed by atoms with Crippen LogP contribution in [0.4, 0.5) is 13.2 Å². The van der Waals surface area contributed by atoms with Gasteiger partial charge in [0.1, 0.15) is 12.2 Å². The molecule has 0 bridgehead atoms. The zero-order valence-electron chi connectivity index (χ0n) is 22.2. The van der Waals surface area contributed by atoms with E-state index < -0.39 is 57.3 Å². The Labute approximate surface area is 221 Å². The smallest absolute Gasteiger partial charge is 0.226 e. The Morgan fingerprint density at radius 3 is 2.62 bits per heavy atom. The minimum absolute atomic E-state index is 0.0444. The van der Waals surface area contributed by atoms with Crippen molar-refractivity contribution in [3.05, 3.63) is 23.8 Å². The zero-order chi connectivity index (χ0) is 27.1. The van der Waals surface area contributed by atoms with E-state index >= 15 is 8.78 Å². The van der Waals surface area contributed by atoms with E-state index in [4.69, 9.17) is 4.84 Å². The molecule has 10 atom stereocenters. The third kappa shape index (κ3) is 3.35. The van der Waals surface area contributed by atoms with Gasteiger partial charge in [0.25, 0.3) is 0 Å². The Hall–Kier alpha value is -1.16. The van der Waals surface area contributed by atoms with Gasteiger partial charge in [-0.1, -0.05) is 45.5 Å². The molecular formula is C28H38F3NO4S. The summed E-state index contributed by atoms with van der Waals surface area (Å²) < 4.78 is 46.7. The molecule has 4 aliphatic carbocycles. The van der Waals surface area contributed by atoms with E-state index in [1.54, 1.807) is 6.92 Å². The van der Waals surface area contributed by atoms with Crippen LogP contribution in [-0.4, -0.2) is 63.2 Å². The van der Waals surface area contributed by atoms with Gasteiger partial charge in [-0.2, -0.15) is 5.06 Å². The molecule has 0 aromatic rings. The van der Waals surface area contributed by atoms with E-state index in [1.807, 2.05) is 12.0 Å². The van der Waals surface area contributed by atoms with Gasteiger partial charge in [-0.3, -0.25) is 14.4 Å². The summed E-state index contributed by atoms with van der Waals surface area (Å²) in [5, 5.41) is 13.0. The molecular weight excluding hydrogens is 503 g/mol. The number of carbonyl (C=O) groups is 2. The number of aliphatic hydroxyl groups excluding tert-OH is 1. The second-order valence-electron chi connectivity index (χ2n) is 12.5. The van der Waals surface area contributed by atoms with Crippen molar-refractivity contribution in [2.75, 3.05) is 12.6 Å². The van der Waals surface area contributed by atoms with Gasteiger partial charge in [0.15, 0.2) is 17.1 Å². The van der Waals surface area contributed by atoms with Crippen LogP contribution in [-0.2, 0) is 14.4 Å². The van der Waals surface area contributed by atoms with Crippen molar-refractivity contribution >= 4 is 22.7 Å². The second kappa shape index (κ2) is 8.93. The Kier molecular flexibility index (Phi) is 6.62. The molecule has 0 radical (unpaired) electrons. The lowest BCUT2D eigenvalue weighted by Gasteiger charge is -2.63. The number of hydrogen-bond acceptors (Lipinski definition) is 6. The fraction of sp³-hybridized carbons (Fsp3) is 0.786. The SMILES string of the molecule is CCC(C(C)C)N1C[C@@H]2C[C@H]3[C@@H]4C[C@H](F)C5=CC(=O)C=C[C@]5(C)[C@@]4(F)[C@@H](O)C[C@]3(C)[C@]2(C(=O)SCF)O1. The Balaban J connectivity index is 1.61. The summed E-state index contributed by atoms with van der Waals surface area (Å²) in [5.41, 5.74) is -6.08. The molecule has 1 saturated heterocycles. The van der Waals surface area contributed by atoms with Crippen molar-refractivity contribution < 1.29 is 32.7 Å². The van der Waals surface area contributed by atoms with Crippen LogP contribution in [0.5, 0.6) is 0 Å². The van der Waals surface area contributed by atoms with Gasteiger partial charge in [-0.05, 0) is 62.2 Å². The maximum absolute atomic E-state index is 17.4. The normalized spacial score (nSPS) is 47.8. The van der Waals surface area contributed by atoms with Crippen molar-refractivity contribution in [1.29, 1.82) is 0 Å². The maximum atomic E-state index is 17.4. The molecule has 1 N–H and O–H groups in total. The third-order valence-corrected chi connectivity index (χ3v) is 11.4. The molecule has 9 heteroatoms. The number of carbonyl (C=O) groups excluding carboxylic acids is 2. The number of thioether (sulfide) groups is 1. The van der Waals surface area contributed by atoms with Crippen molar-refractivity contribution in [2.24, 2.45) is 34.5 Å². The molecule has 1 unspecified atom stereocenters. The molecule has 1 aliphatic heterocycles. The predicted molar refractivity (Wildman–Crippen MR) is 136 cm³/mol. The molecule has 5 aliphatic rings. The number of nitrogens with zero attached hydrogens (tertiary/aromatic N) is 1. The molecule has 0 aromatic carbocycles. The van der Waals surface area contributed by atoms with Gasteiger partial charge in [0.05, 0.1) is 6.10 Å². The number of rotatable bonds is 5. The van der Waals surface area contributed by atoms with Gasteiger partial charge in [-0.25, -0.2) is 13.2 Å². The van der Waals surface area contributed by atoms with Crippen molar-refractivity contribution in [2.45, 2.75) is 89.9 Å². The monoisotopic (exact) mass is 541 g/mol. The summed E-state index contributed by atoms with van der Waals surface area (Å²) in [5.74, 6) is -1.83. The molecule has 37 heavy (non-hydrogen) atoms. The first-order chi connectivity index (χ1) is 17.3. The maximum Gasteiger partial charge on any atom is 0.226 e. The summed E-state index contributed by atoms with van der Waals surface area (Å²) in [6.07, 6.45) is 1.73. The minimum Gasteiger partial charge on any atom is -0.390 e. The number of aliphatic hydroxyl groups is 1. The molecule has 1 heterocycles. The molecule has 4 fully saturated rings. The van der Waals surface area contributed by atoms with Crippen molar-refractivity contribution in [3.63, 3.8) is 0 Å². The molecule has 0 spiro atoms. The largest absolute Gasteiger partial charge is 0.390 e. The van der Waals surface area contributed by atoms with Gasteiger partial charge in [-0.15, -0.1) is 0 Å². The standard InChI is InChI=1S/C28H38F3NO4S/c1-6-22(15(2)3)32-13-16-9-18-19-11-21(30)20-10-17(33)7-8-25(20,4)27(19,31)23(34)12-26(18,5)28(16,36-32)24(35)37-14-29/h7-8,10,15-16,18-19,21-23,34H,6,9,11-14H2,1-5H3/t16-,18-,19-,21-,22?,23-,25-,26-,27-,28-/m0/s1. The molecule has 5 rings (SSSR count). The van der Waals surface area contributed by atoms with E-state index in [1.165, 1.54) is 18.2 Å². The lowest BCUT2D eigenvalue weighted by atomic mass is 9.44. The number of hydrogen-bond donors (Lipinski definition) is 1. The van der Waals surface area contributed by atoms with Gasteiger partial charge in [0, 0.05) is 35.3 Å². The van der Waals surface area contributed by atoms with Crippen LogP contribution < -0.4 is 0 Å². The first-order valence-corrected chi connectivity index (χ1v) is 14.5. The average molecular weight is 542 g/mol. The highest BCUT2D eigenvalue weighted by Crippen LogP contribution is 2.73. The van der Waals surface area contributed by atoms with Gasteiger partial charge in [0.2, 0.25) is 5.12 Å². The third-order valence-electron chi connectivity index (χ3n) is 10.7. The highest BCUT2D eigenvalue weighted by molar-refractivity contribution is 8.13. The van der Waals surface area contributed by atoms with E-state index in [-0.39, 0.29) is 42.1 Å². The van der Waals surface area contributed by atoms with Crippen LogP contribution in [0.25, 0.3) is 0 Å². The fourth-order valence-electron chi connectivity index (χ4n) is 8.98.